The average molecular weight is 458 g/mol. The van der Waals surface area contributed by atoms with Crippen LogP contribution in [0.2, 0.25) is 0 Å². The van der Waals surface area contributed by atoms with Gasteiger partial charge in [-0.2, -0.15) is 5.26 Å². The zero-order valence-corrected chi connectivity index (χ0v) is 19.3. The Morgan fingerprint density at radius 3 is 1.50 bits per heavy atom. The number of aryl methyl sites for hydroxylation is 2. The molecule has 6 nitrogen and oxygen atoms in total. The van der Waals surface area contributed by atoms with Crippen LogP contribution in [0.25, 0.3) is 82.7 Å². The predicted molar refractivity (Wildman–Crippen MR) is 139 cm³/mol. The number of hydrogen-bond acceptors (Lipinski definition) is 5. The fourth-order valence-corrected chi connectivity index (χ4v) is 5.68. The largest absolute Gasteiger partial charge is 0.245 e. The third kappa shape index (κ3) is 2.19. The Bertz CT molecular complexity index is 1990. The summed E-state index contributed by atoms with van der Waals surface area (Å²) >= 11 is 0. The molecule has 2 aliphatic rings. The summed E-state index contributed by atoms with van der Waals surface area (Å²) in [4.78, 5) is 23.6. The van der Waals surface area contributed by atoms with Crippen molar-refractivity contribution in [2.75, 3.05) is 0 Å². The summed E-state index contributed by atoms with van der Waals surface area (Å²) in [7, 11) is 0. The highest BCUT2D eigenvalue weighted by atomic mass is 14.9. The van der Waals surface area contributed by atoms with Crippen LogP contribution in [0.3, 0.4) is 0 Å². The van der Waals surface area contributed by atoms with Gasteiger partial charge in [-0.25, -0.2) is 24.8 Å². The van der Waals surface area contributed by atoms with Crippen LogP contribution < -0.4 is 0 Å². The number of nitrogens with zero attached hydrogens (tertiary/aromatic N) is 6. The molecular weight excluding hydrogens is 444 g/mol. The monoisotopic (exact) mass is 458 g/mol. The Balaban J connectivity index is 1.43. The number of fused-ring (bicyclic) bond motifs is 8. The van der Waals surface area contributed by atoms with Gasteiger partial charge >= 0.3 is 0 Å². The molecule has 164 valence electrons. The first-order valence-electron chi connectivity index (χ1n) is 11.6. The minimum atomic E-state index is 0.599. The van der Waals surface area contributed by atoms with Crippen LogP contribution in [0, 0.1) is 31.8 Å². The van der Waals surface area contributed by atoms with Crippen LogP contribution in [-0.4, -0.2) is 19.9 Å². The standard InChI is InChI=1S/C30H14N6/c1-13-8-21-23(10-15(13)12-31)35-29-18-6-7-19-26-17(5-4-16(25(18)26)27(29)33-21)28-30(19)36-24-11-20(32-3)14(2)9-22(24)34-28/h4-11H,1-2H3. The smallest absolute Gasteiger partial charge is 0.192 e. The van der Waals surface area contributed by atoms with E-state index >= 15 is 0 Å². The summed E-state index contributed by atoms with van der Waals surface area (Å²) in [5.74, 6) is 0. The molecule has 2 heterocycles. The van der Waals surface area contributed by atoms with E-state index in [0.29, 0.717) is 11.3 Å². The van der Waals surface area contributed by atoms with Gasteiger partial charge in [0.2, 0.25) is 0 Å². The van der Waals surface area contributed by atoms with Gasteiger partial charge in [-0.15, -0.1) is 0 Å². The van der Waals surface area contributed by atoms with E-state index in [4.69, 9.17) is 26.5 Å². The summed E-state index contributed by atoms with van der Waals surface area (Å²) in [6.45, 7) is 11.3. The second kappa shape index (κ2) is 6.27. The molecule has 0 radical (unpaired) electrons. The molecular formula is C30H14N6. The summed E-state index contributed by atoms with van der Waals surface area (Å²) in [6, 6.07) is 18.2. The third-order valence-corrected chi connectivity index (χ3v) is 7.41. The molecule has 0 saturated carbocycles. The fraction of sp³-hybridized carbons (Fsp3) is 0.0667. The van der Waals surface area contributed by atoms with E-state index in [0.717, 1.165) is 89.0 Å². The molecule has 0 unspecified atom stereocenters. The van der Waals surface area contributed by atoms with E-state index in [1.165, 1.54) is 0 Å². The van der Waals surface area contributed by atoms with E-state index in [-0.39, 0.29) is 0 Å². The van der Waals surface area contributed by atoms with Crippen molar-refractivity contribution in [3.8, 4) is 51.1 Å². The fourth-order valence-electron chi connectivity index (χ4n) is 5.68. The Labute approximate surface area is 205 Å². The van der Waals surface area contributed by atoms with Gasteiger partial charge in [-0.05, 0) is 49.2 Å². The maximum absolute atomic E-state index is 9.48. The molecule has 8 rings (SSSR count). The van der Waals surface area contributed by atoms with E-state index in [2.05, 4.69) is 35.2 Å². The maximum atomic E-state index is 9.48. The molecule has 0 spiro atoms. The maximum Gasteiger partial charge on any atom is 0.192 e. The van der Waals surface area contributed by atoms with Crippen LogP contribution in [-0.2, 0) is 0 Å². The molecule has 0 N–H and O–H groups in total. The van der Waals surface area contributed by atoms with Gasteiger partial charge in [0, 0.05) is 33.0 Å². The molecule has 0 aliphatic heterocycles. The summed E-state index contributed by atoms with van der Waals surface area (Å²) in [5.41, 5.74) is 13.7. The topological polar surface area (TPSA) is 79.7 Å². The Morgan fingerprint density at radius 1 is 0.639 bits per heavy atom. The number of hydrogen-bond donors (Lipinski definition) is 0. The zero-order chi connectivity index (χ0) is 24.3. The number of nitriles is 1. The van der Waals surface area contributed by atoms with Gasteiger partial charge in [0.15, 0.2) is 5.69 Å². The molecule has 6 aromatic rings. The Morgan fingerprint density at radius 2 is 1.06 bits per heavy atom. The number of rotatable bonds is 0. The van der Waals surface area contributed by atoms with Gasteiger partial charge in [-0.3, -0.25) is 0 Å². The van der Waals surface area contributed by atoms with Gasteiger partial charge < -0.3 is 0 Å². The van der Waals surface area contributed by atoms with Crippen molar-refractivity contribution in [3.63, 3.8) is 0 Å². The van der Waals surface area contributed by atoms with Crippen molar-refractivity contribution < 1.29 is 0 Å². The van der Waals surface area contributed by atoms with Gasteiger partial charge in [0.1, 0.15) is 0 Å². The first-order valence-corrected chi connectivity index (χ1v) is 11.6. The van der Waals surface area contributed by atoms with E-state index in [9.17, 15) is 5.26 Å². The molecule has 2 aromatic heterocycles. The van der Waals surface area contributed by atoms with Crippen LogP contribution in [0.4, 0.5) is 5.69 Å². The highest BCUT2D eigenvalue weighted by Crippen LogP contribution is 2.54. The summed E-state index contributed by atoms with van der Waals surface area (Å²) < 4.78 is 0. The molecule has 0 bridgehead atoms. The molecule has 4 aromatic carbocycles. The lowest BCUT2D eigenvalue weighted by molar-refractivity contribution is 1.29. The van der Waals surface area contributed by atoms with Crippen molar-refractivity contribution in [2.45, 2.75) is 13.8 Å². The van der Waals surface area contributed by atoms with Gasteiger partial charge in [0.05, 0.1) is 63.0 Å². The van der Waals surface area contributed by atoms with Crippen molar-refractivity contribution >= 4 is 38.5 Å². The van der Waals surface area contributed by atoms with E-state index in [1.807, 2.05) is 38.1 Å². The Kier molecular flexibility index (Phi) is 3.33. The van der Waals surface area contributed by atoms with Crippen LogP contribution in [0.5, 0.6) is 0 Å². The molecule has 36 heavy (non-hydrogen) atoms. The first-order chi connectivity index (χ1) is 17.6. The van der Waals surface area contributed by atoms with E-state index < -0.39 is 0 Å². The van der Waals surface area contributed by atoms with Crippen LogP contribution in [0.1, 0.15) is 16.7 Å². The minimum absolute atomic E-state index is 0.599. The molecule has 6 heteroatoms. The van der Waals surface area contributed by atoms with Crippen molar-refractivity contribution in [1.82, 2.24) is 19.9 Å². The SMILES string of the molecule is [C-]#[N+]c1cc2nc3c(nc2cc1C)-c1ccc2c4c(ccc-3c14)-c1nc3cc(C#N)c(C)cc3nc1-2. The quantitative estimate of drug-likeness (QED) is 0.227. The lowest BCUT2D eigenvalue weighted by Gasteiger charge is -2.07. The summed E-state index contributed by atoms with van der Waals surface area (Å²) in [6.07, 6.45) is 0. The normalized spacial score (nSPS) is 12.1. The predicted octanol–water partition coefficient (Wildman–Crippen LogP) is 7.06. The summed E-state index contributed by atoms with van der Waals surface area (Å²) in [5, 5.41) is 11.7. The van der Waals surface area contributed by atoms with Crippen molar-refractivity contribution in [3.05, 3.63) is 76.6 Å². The van der Waals surface area contributed by atoms with Crippen LogP contribution >= 0.6 is 0 Å². The van der Waals surface area contributed by atoms with Crippen LogP contribution in [0.15, 0.2) is 48.5 Å². The highest BCUT2D eigenvalue weighted by molar-refractivity contribution is 6.25. The van der Waals surface area contributed by atoms with Crippen molar-refractivity contribution in [1.29, 1.82) is 5.26 Å². The molecule has 0 fully saturated rings. The second-order valence-electron chi connectivity index (χ2n) is 9.42. The van der Waals surface area contributed by atoms with Gasteiger partial charge in [-0.1, -0.05) is 24.3 Å². The Hall–Kier alpha value is -5.20. The van der Waals surface area contributed by atoms with Gasteiger partial charge in [0.25, 0.3) is 0 Å². The molecule has 0 atom stereocenters. The first kappa shape index (κ1) is 19.1. The van der Waals surface area contributed by atoms with Crippen molar-refractivity contribution in [2.24, 2.45) is 0 Å². The molecule has 0 amide bonds. The lowest BCUT2D eigenvalue weighted by atomic mass is 9.99. The zero-order valence-electron chi connectivity index (χ0n) is 19.3. The average Bonchev–Trinajstić information content (AvgIpc) is 3.36. The molecule has 2 aliphatic carbocycles. The number of benzene rings is 4. The second-order valence-corrected chi connectivity index (χ2v) is 9.42. The highest BCUT2D eigenvalue weighted by Gasteiger charge is 2.32. The molecule has 0 saturated heterocycles. The third-order valence-electron chi connectivity index (χ3n) is 7.41. The van der Waals surface area contributed by atoms with E-state index in [1.54, 1.807) is 0 Å². The number of aromatic nitrogens is 4. The minimum Gasteiger partial charge on any atom is -0.245 e. The lowest BCUT2D eigenvalue weighted by Crippen LogP contribution is -1.93.